The van der Waals surface area contributed by atoms with Gasteiger partial charge in [-0.3, -0.25) is 0 Å². The average Bonchev–Trinajstić information content (AvgIpc) is 2.26. The van der Waals surface area contributed by atoms with E-state index in [1.54, 1.807) is 5.32 Å². The lowest BCUT2D eigenvalue weighted by Gasteiger charge is -2.18. The molecule has 8 heteroatoms. The first-order valence-corrected chi connectivity index (χ1v) is 5.38. The Bertz CT molecular complexity index is 281. The summed E-state index contributed by atoms with van der Waals surface area (Å²) in [6.45, 7) is 1.86. The predicted octanol–water partition coefficient (Wildman–Crippen LogP) is 2.01. The van der Waals surface area contributed by atoms with E-state index in [0.29, 0.717) is 6.42 Å². The molecule has 0 radical (unpaired) electrons. The van der Waals surface area contributed by atoms with Crippen molar-refractivity contribution in [1.29, 1.82) is 0 Å². The van der Waals surface area contributed by atoms with Crippen LogP contribution < -0.4 is 5.32 Å². The highest BCUT2D eigenvalue weighted by molar-refractivity contribution is 5.81. The molecule has 18 heavy (non-hydrogen) atoms. The first-order valence-electron chi connectivity index (χ1n) is 5.38. The summed E-state index contributed by atoms with van der Waals surface area (Å²) in [4.78, 5) is 22.2. The molecule has 1 N–H and O–H groups in total. The average molecular weight is 271 g/mol. The van der Waals surface area contributed by atoms with Gasteiger partial charge >= 0.3 is 18.2 Å². The van der Waals surface area contributed by atoms with Crippen LogP contribution in [-0.2, 0) is 14.3 Å². The quantitative estimate of drug-likeness (QED) is 0.593. The Labute approximate surface area is 103 Å². The van der Waals surface area contributed by atoms with Crippen LogP contribution in [0, 0.1) is 0 Å². The maximum atomic E-state index is 12.2. The second-order valence-electron chi connectivity index (χ2n) is 3.53. The van der Waals surface area contributed by atoms with E-state index in [-0.39, 0.29) is 6.61 Å². The molecule has 5 nitrogen and oxygen atoms in total. The molecule has 0 fully saturated rings. The van der Waals surface area contributed by atoms with Gasteiger partial charge in [0.2, 0.25) is 0 Å². The molecule has 0 heterocycles. The molecule has 0 rings (SSSR count). The molecule has 0 saturated heterocycles. The normalized spacial score (nSPS) is 12.7. The van der Waals surface area contributed by atoms with Gasteiger partial charge in [-0.2, -0.15) is 13.2 Å². The maximum absolute atomic E-state index is 12.2. The molecule has 0 aromatic carbocycles. The van der Waals surface area contributed by atoms with Crippen LogP contribution in [0.3, 0.4) is 0 Å². The number of amides is 1. The zero-order chi connectivity index (χ0) is 14.2. The molecule has 106 valence electrons. The molecular weight excluding hydrogens is 255 g/mol. The number of carbonyl (C=O) groups is 2. The van der Waals surface area contributed by atoms with E-state index in [2.05, 4.69) is 9.47 Å². The number of esters is 1. The van der Waals surface area contributed by atoms with Crippen LogP contribution in [0.5, 0.6) is 0 Å². The van der Waals surface area contributed by atoms with Crippen molar-refractivity contribution in [3.63, 3.8) is 0 Å². The molecule has 0 aromatic rings. The highest BCUT2D eigenvalue weighted by Gasteiger charge is 2.37. The molecule has 0 bridgehead atoms. The SMILES string of the molecule is CCCCOC(=O)C(CC(F)(F)F)NC(=O)OC. The van der Waals surface area contributed by atoms with Crippen LogP contribution in [0.15, 0.2) is 0 Å². The number of carbonyl (C=O) groups excluding carboxylic acids is 2. The van der Waals surface area contributed by atoms with Gasteiger partial charge in [-0.1, -0.05) is 13.3 Å². The van der Waals surface area contributed by atoms with E-state index in [4.69, 9.17) is 0 Å². The van der Waals surface area contributed by atoms with Crippen molar-refractivity contribution >= 4 is 12.1 Å². The van der Waals surface area contributed by atoms with Crippen molar-refractivity contribution in [2.45, 2.75) is 38.4 Å². The molecular formula is C10H16F3NO4. The largest absolute Gasteiger partial charge is 0.464 e. The van der Waals surface area contributed by atoms with Crippen LogP contribution in [0.25, 0.3) is 0 Å². The van der Waals surface area contributed by atoms with E-state index < -0.39 is 30.7 Å². The van der Waals surface area contributed by atoms with E-state index in [1.165, 1.54) is 0 Å². The molecule has 0 aliphatic heterocycles. The number of hydrogen-bond acceptors (Lipinski definition) is 4. The van der Waals surface area contributed by atoms with Gasteiger partial charge in [-0.15, -0.1) is 0 Å². The Morgan fingerprint density at radius 3 is 2.39 bits per heavy atom. The third kappa shape index (κ3) is 7.75. The zero-order valence-electron chi connectivity index (χ0n) is 10.2. The number of hydrogen-bond donors (Lipinski definition) is 1. The molecule has 0 aliphatic rings. The lowest BCUT2D eigenvalue weighted by molar-refractivity contribution is -0.162. The highest BCUT2D eigenvalue weighted by atomic mass is 19.4. The van der Waals surface area contributed by atoms with Gasteiger partial charge in [0, 0.05) is 0 Å². The maximum Gasteiger partial charge on any atom is 0.407 e. The van der Waals surface area contributed by atoms with Gasteiger partial charge in [-0.25, -0.2) is 9.59 Å². The molecule has 1 atom stereocenters. The van der Waals surface area contributed by atoms with E-state index >= 15 is 0 Å². The minimum atomic E-state index is -4.59. The van der Waals surface area contributed by atoms with Gasteiger partial charge in [0.25, 0.3) is 0 Å². The summed E-state index contributed by atoms with van der Waals surface area (Å²) < 4.78 is 45.4. The number of nitrogens with one attached hydrogen (secondary N) is 1. The van der Waals surface area contributed by atoms with Gasteiger partial charge in [0.1, 0.15) is 6.04 Å². The van der Waals surface area contributed by atoms with Crippen molar-refractivity contribution in [2.75, 3.05) is 13.7 Å². The van der Waals surface area contributed by atoms with Crippen molar-refractivity contribution in [3.8, 4) is 0 Å². The van der Waals surface area contributed by atoms with Crippen molar-refractivity contribution < 1.29 is 32.2 Å². The molecule has 0 saturated carbocycles. The van der Waals surface area contributed by atoms with Crippen LogP contribution in [-0.4, -0.2) is 38.0 Å². The summed E-state index contributed by atoms with van der Waals surface area (Å²) in [6, 6.07) is -1.78. The van der Waals surface area contributed by atoms with Crippen LogP contribution in [0.2, 0.25) is 0 Å². The Hall–Kier alpha value is -1.47. The fraction of sp³-hybridized carbons (Fsp3) is 0.800. The minimum absolute atomic E-state index is 0.0204. The van der Waals surface area contributed by atoms with E-state index in [1.807, 2.05) is 6.92 Å². The molecule has 1 unspecified atom stereocenters. The Morgan fingerprint density at radius 1 is 1.33 bits per heavy atom. The number of alkyl carbamates (subject to hydrolysis) is 1. The molecule has 0 aliphatic carbocycles. The monoisotopic (exact) mass is 271 g/mol. The Kier molecular flexibility index (Phi) is 7.14. The fourth-order valence-electron chi connectivity index (χ4n) is 1.04. The van der Waals surface area contributed by atoms with Crippen molar-refractivity contribution in [1.82, 2.24) is 5.32 Å². The predicted molar refractivity (Wildman–Crippen MR) is 55.9 cm³/mol. The zero-order valence-corrected chi connectivity index (χ0v) is 10.2. The fourth-order valence-corrected chi connectivity index (χ4v) is 1.04. The number of methoxy groups -OCH3 is 1. The lowest BCUT2D eigenvalue weighted by atomic mass is 10.2. The molecule has 0 aromatic heterocycles. The summed E-state index contributed by atoms with van der Waals surface area (Å²) in [6.07, 6.45) is -5.91. The Balaban J connectivity index is 4.44. The molecule has 0 spiro atoms. The van der Waals surface area contributed by atoms with Crippen LogP contribution >= 0.6 is 0 Å². The van der Waals surface area contributed by atoms with Gasteiger partial charge in [-0.05, 0) is 6.42 Å². The lowest BCUT2D eigenvalue weighted by Crippen LogP contribution is -2.44. The van der Waals surface area contributed by atoms with E-state index in [0.717, 1.165) is 13.5 Å². The van der Waals surface area contributed by atoms with Gasteiger partial charge in [0.05, 0.1) is 20.1 Å². The minimum Gasteiger partial charge on any atom is -0.464 e. The highest BCUT2D eigenvalue weighted by Crippen LogP contribution is 2.22. The van der Waals surface area contributed by atoms with Crippen molar-refractivity contribution in [3.05, 3.63) is 0 Å². The first-order chi connectivity index (χ1) is 8.30. The van der Waals surface area contributed by atoms with Gasteiger partial charge < -0.3 is 14.8 Å². The number of ether oxygens (including phenoxy) is 2. The second-order valence-corrected chi connectivity index (χ2v) is 3.53. The number of alkyl halides is 3. The topological polar surface area (TPSA) is 64.6 Å². The van der Waals surface area contributed by atoms with Crippen molar-refractivity contribution in [2.24, 2.45) is 0 Å². The van der Waals surface area contributed by atoms with E-state index in [9.17, 15) is 22.8 Å². The summed E-state index contributed by atoms with van der Waals surface area (Å²) in [7, 11) is 0.988. The summed E-state index contributed by atoms with van der Waals surface area (Å²) in [5, 5.41) is 1.79. The standard InChI is InChI=1S/C10H16F3NO4/c1-3-4-5-18-8(15)7(6-10(11,12)13)14-9(16)17-2/h7H,3-6H2,1-2H3,(H,14,16). The second kappa shape index (κ2) is 7.78. The van der Waals surface area contributed by atoms with Crippen LogP contribution in [0.4, 0.5) is 18.0 Å². The number of rotatable bonds is 6. The third-order valence-corrected chi connectivity index (χ3v) is 1.94. The first kappa shape index (κ1) is 16.5. The summed E-state index contributed by atoms with van der Waals surface area (Å²) in [5.41, 5.74) is 0. The third-order valence-electron chi connectivity index (χ3n) is 1.94. The summed E-state index contributed by atoms with van der Waals surface area (Å²) >= 11 is 0. The van der Waals surface area contributed by atoms with Crippen LogP contribution in [0.1, 0.15) is 26.2 Å². The van der Waals surface area contributed by atoms with Gasteiger partial charge in [0.15, 0.2) is 0 Å². The Morgan fingerprint density at radius 2 is 1.94 bits per heavy atom. The molecule has 1 amide bonds. The smallest absolute Gasteiger partial charge is 0.407 e. The number of unbranched alkanes of at least 4 members (excludes halogenated alkanes) is 1. The number of halogens is 3. The summed E-state index contributed by atoms with van der Waals surface area (Å²) in [5.74, 6) is -1.12.